The highest BCUT2D eigenvalue weighted by molar-refractivity contribution is 5.68. The molecule has 1 unspecified atom stereocenters. The summed E-state index contributed by atoms with van der Waals surface area (Å²) in [5.41, 5.74) is 2.15. The van der Waals surface area contributed by atoms with E-state index in [2.05, 4.69) is 29.4 Å². The zero-order valence-electron chi connectivity index (χ0n) is 15.2. The van der Waals surface area contributed by atoms with Gasteiger partial charge in [-0.1, -0.05) is 60.7 Å². The molecule has 136 valence electrons. The molecule has 0 aliphatic carbocycles. The lowest BCUT2D eigenvalue weighted by Crippen LogP contribution is -2.51. The Labute approximate surface area is 155 Å². The first-order valence-corrected chi connectivity index (χ1v) is 9.44. The van der Waals surface area contributed by atoms with Crippen molar-refractivity contribution in [3.05, 3.63) is 71.8 Å². The first-order valence-electron chi connectivity index (χ1n) is 9.44. The Bertz CT molecular complexity index is 739. The second kappa shape index (κ2) is 7.12. The Balaban J connectivity index is 1.51. The van der Waals surface area contributed by atoms with Gasteiger partial charge in [0.25, 0.3) is 0 Å². The van der Waals surface area contributed by atoms with Crippen molar-refractivity contribution in [3.63, 3.8) is 0 Å². The summed E-state index contributed by atoms with van der Waals surface area (Å²) in [4.78, 5) is 15.1. The molecule has 2 saturated heterocycles. The summed E-state index contributed by atoms with van der Waals surface area (Å²) < 4.78 is 5.51. The van der Waals surface area contributed by atoms with Crippen molar-refractivity contribution in [2.24, 2.45) is 0 Å². The molecule has 1 atom stereocenters. The van der Waals surface area contributed by atoms with Crippen LogP contribution < -0.4 is 5.32 Å². The Hall–Kier alpha value is -2.33. The second-order valence-corrected chi connectivity index (χ2v) is 7.50. The maximum atomic E-state index is 12.6. The Morgan fingerprint density at radius 2 is 1.73 bits per heavy atom. The van der Waals surface area contributed by atoms with Gasteiger partial charge in [-0.15, -0.1) is 0 Å². The van der Waals surface area contributed by atoms with Gasteiger partial charge in [0.15, 0.2) is 0 Å². The van der Waals surface area contributed by atoms with Crippen molar-refractivity contribution in [1.82, 2.24) is 10.2 Å². The van der Waals surface area contributed by atoms with Crippen molar-refractivity contribution in [2.45, 2.75) is 49.9 Å². The number of nitrogens with zero attached hydrogens (tertiary/aromatic N) is 1. The number of benzene rings is 2. The number of amides is 1. The fourth-order valence-corrected chi connectivity index (χ4v) is 4.75. The number of nitrogens with one attached hydrogen (secondary N) is 1. The van der Waals surface area contributed by atoms with Crippen LogP contribution in [0.3, 0.4) is 0 Å². The van der Waals surface area contributed by atoms with Crippen LogP contribution in [0.25, 0.3) is 0 Å². The molecule has 4 heteroatoms. The topological polar surface area (TPSA) is 41.6 Å². The zero-order chi connectivity index (χ0) is 18.0. The molecule has 2 aliphatic heterocycles. The highest BCUT2D eigenvalue weighted by Crippen LogP contribution is 2.51. The van der Waals surface area contributed by atoms with E-state index in [4.69, 9.17) is 4.74 Å². The molecule has 4 rings (SSSR count). The molecule has 2 aromatic carbocycles. The molecular formula is C22H26N2O2. The number of carbonyl (C=O) groups is 1. The van der Waals surface area contributed by atoms with E-state index in [9.17, 15) is 4.79 Å². The lowest BCUT2D eigenvalue weighted by molar-refractivity contribution is 0.104. The average molecular weight is 350 g/mol. The quantitative estimate of drug-likeness (QED) is 0.875. The van der Waals surface area contributed by atoms with Crippen LogP contribution in [-0.2, 0) is 11.3 Å². The molecule has 2 aromatic rings. The van der Waals surface area contributed by atoms with Gasteiger partial charge < -0.3 is 10.1 Å². The third-order valence-corrected chi connectivity index (χ3v) is 6.22. The van der Waals surface area contributed by atoms with Crippen LogP contribution in [0.4, 0.5) is 4.79 Å². The van der Waals surface area contributed by atoms with Crippen LogP contribution in [0.1, 0.15) is 42.9 Å². The van der Waals surface area contributed by atoms with E-state index >= 15 is 0 Å². The van der Waals surface area contributed by atoms with Crippen molar-refractivity contribution in [2.75, 3.05) is 7.05 Å². The summed E-state index contributed by atoms with van der Waals surface area (Å²) >= 11 is 0. The van der Waals surface area contributed by atoms with Crippen LogP contribution in [-0.4, -0.2) is 29.6 Å². The van der Waals surface area contributed by atoms with Crippen molar-refractivity contribution in [3.8, 4) is 0 Å². The van der Waals surface area contributed by atoms with Crippen molar-refractivity contribution in [1.29, 1.82) is 0 Å². The minimum Gasteiger partial charge on any atom is -0.445 e. The molecule has 2 heterocycles. The third kappa shape index (κ3) is 3.10. The van der Waals surface area contributed by atoms with E-state index < -0.39 is 0 Å². The van der Waals surface area contributed by atoms with Crippen LogP contribution in [0.2, 0.25) is 0 Å². The molecule has 0 radical (unpaired) electrons. The number of carbonyl (C=O) groups excluding carboxylic acids is 1. The molecule has 26 heavy (non-hydrogen) atoms. The van der Waals surface area contributed by atoms with Crippen LogP contribution in [0, 0.1) is 0 Å². The number of rotatable bonds is 5. The summed E-state index contributed by atoms with van der Waals surface area (Å²) in [6.07, 6.45) is 4.31. The Morgan fingerprint density at radius 1 is 1.12 bits per heavy atom. The fourth-order valence-electron chi connectivity index (χ4n) is 4.75. The lowest BCUT2D eigenvalue weighted by Gasteiger charge is -2.40. The van der Waals surface area contributed by atoms with Crippen LogP contribution >= 0.6 is 0 Å². The summed E-state index contributed by atoms with van der Waals surface area (Å²) in [6, 6.07) is 20.7. The minimum atomic E-state index is -0.346. The maximum absolute atomic E-state index is 12.6. The maximum Gasteiger partial charge on any atom is 0.408 e. The van der Waals surface area contributed by atoms with E-state index in [1.165, 1.54) is 12.8 Å². The van der Waals surface area contributed by atoms with E-state index in [1.807, 2.05) is 48.5 Å². The van der Waals surface area contributed by atoms with Gasteiger partial charge in [-0.2, -0.15) is 0 Å². The van der Waals surface area contributed by atoms with E-state index in [-0.39, 0.29) is 17.7 Å². The summed E-state index contributed by atoms with van der Waals surface area (Å²) in [5.74, 6) is 0. The van der Waals surface area contributed by atoms with Crippen LogP contribution in [0.15, 0.2) is 60.7 Å². The largest absolute Gasteiger partial charge is 0.445 e. The van der Waals surface area contributed by atoms with Gasteiger partial charge in [0.1, 0.15) is 6.61 Å². The first-order chi connectivity index (χ1) is 12.7. The van der Waals surface area contributed by atoms with Crippen molar-refractivity contribution >= 4 is 6.09 Å². The lowest BCUT2D eigenvalue weighted by atomic mass is 9.78. The summed E-state index contributed by atoms with van der Waals surface area (Å²) in [6.45, 7) is 0.291. The van der Waals surface area contributed by atoms with E-state index in [0.717, 1.165) is 24.0 Å². The molecule has 4 nitrogen and oxygen atoms in total. The van der Waals surface area contributed by atoms with Gasteiger partial charge in [0.2, 0.25) is 0 Å². The molecule has 2 aliphatic rings. The first kappa shape index (κ1) is 17.1. The molecule has 1 amide bonds. The Kier molecular flexibility index (Phi) is 4.68. The standard InChI is InChI=1S/C22H26N2O2/c1-24-19-12-14-22(24,15-13-19)20(18-10-6-3-7-11-18)23-21(25)26-16-17-8-4-2-5-9-17/h2-11,19-20H,12-16H2,1H3,(H,23,25). The predicted molar refractivity (Wildman–Crippen MR) is 102 cm³/mol. The molecule has 0 spiro atoms. The van der Waals surface area contributed by atoms with E-state index in [1.54, 1.807) is 0 Å². The smallest absolute Gasteiger partial charge is 0.408 e. The number of hydrogen-bond acceptors (Lipinski definition) is 3. The van der Waals surface area contributed by atoms with E-state index in [0.29, 0.717) is 12.6 Å². The average Bonchev–Trinajstić information content (AvgIpc) is 3.19. The molecule has 0 saturated carbocycles. The molecule has 1 N–H and O–H groups in total. The number of likely N-dealkylation sites (N-methyl/N-ethyl adjacent to an activating group) is 1. The molecular weight excluding hydrogens is 324 g/mol. The Morgan fingerprint density at radius 3 is 2.31 bits per heavy atom. The highest BCUT2D eigenvalue weighted by atomic mass is 16.5. The van der Waals surface area contributed by atoms with Gasteiger partial charge in [0.05, 0.1) is 6.04 Å². The van der Waals surface area contributed by atoms with Gasteiger partial charge in [-0.25, -0.2) is 4.79 Å². The van der Waals surface area contributed by atoms with Gasteiger partial charge in [-0.05, 0) is 43.9 Å². The molecule has 2 fully saturated rings. The highest BCUT2D eigenvalue weighted by Gasteiger charge is 2.54. The number of fused-ring (bicyclic) bond motifs is 2. The van der Waals surface area contributed by atoms with Crippen LogP contribution in [0.5, 0.6) is 0 Å². The summed E-state index contributed by atoms with van der Waals surface area (Å²) in [7, 11) is 2.21. The van der Waals surface area contributed by atoms with Gasteiger partial charge >= 0.3 is 6.09 Å². The molecule has 2 bridgehead atoms. The zero-order valence-corrected chi connectivity index (χ0v) is 15.2. The summed E-state index contributed by atoms with van der Waals surface area (Å²) in [5, 5.41) is 3.19. The fraction of sp³-hybridized carbons (Fsp3) is 0.409. The SMILES string of the molecule is CN1C2CCC1(C(NC(=O)OCc1ccccc1)c1ccccc1)CC2. The normalized spacial score (nSPS) is 25.8. The number of hydrogen-bond donors (Lipinski definition) is 1. The third-order valence-electron chi connectivity index (χ3n) is 6.22. The number of alkyl carbamates (subject to hydrolysis) is 1. The minimum absolute atomic E-state index is 0.00220. The van der Waals surface area contributed by atoms with Gasteiger partial charge in [-0.3, -0.25) is 4.90 Å². The van der Waals surface area contributed by atoms with Crippen molar-refractivity contribution < 1.29 is 9.53 Å². The predicted octanol–water partition coefficient (Wildman–Crippen LogP) is 4.28. The second-order valence-electron chi connectivity index (χ2n) is 7.50. The molecule has 0 aromatic heterocycles. The monoisotopic (exact) mass is 350 g/mol. The van der Waals surface area contributed by atoms with Gasteiger partial charge in [0, 0.05) is 11.6 Å². The number of ether oxygens (including phenoxy) is 1.